The van der Waals surface area contributed by atoms with Crippen LogP contribution in [0.2, 0.25) is 0 Å². The fourth-order valence-electron chi connectivity index (χ4n) is 2.89. The molecule has 2 aromatic rings. The van der Waals surface area contributed by atoms with Gasteiger partial charge in [-0.25, -0.2) is 8.78 Å². The quantitative estimate of drug-likeness (QED) is 0.635. The summed E-state index contributed by atoms with van der Waals surface area (Å²) in [4.78, 5) is 1.66. The van der Waals surface area contributed by atoms with Crippen molar-refractivity contribution >= 4 is 11.4 Å². The van der Waals surface area contributed by atoms with Gasteiger partial charge in [0.05, 0.1) is 11.4 Å². The molecule has 3 heteroatoms. The van der Waals surface area contributed by atoms with Crippen LogP contribution in [0.25, 0.3) is 0 Å². The third-order valence-electron chi connectivity index (χ3n) is 4.24. The third kappa shape index (κ3) is 3.25. The Labute approximate surface area is 141 Å². The second-order valence-electron chi connectivity index (χ2n) is 6.46. The zero-order valence-electron chi connectivity index (χ0n) is 14.2. The number of hydrogen-bond acceptors (Lipinski definition) is 1. The van der Waals surface area contributed by atoms with Crippen molar-refractivity contribution in [3.63, 3.8) is 0 Å². The maximum Gasteiger partial charge on any atom is 0.147 e. The lowest BCUT2D eigenvalue weighted by atomic mass is 9.99. The standard InChI is InChI=1S/C21H21F2N/c1-14-4-8-17(9-5-14)24(20-10-6-15(2)12-18(20)22)21-11-7-16(3)13-19(21)23/h4-12,16H,13H2,1-3H3. The Bertz CT molecular complexity index is 803. The highest BCUT2D eigenvalue weighted by atomic mass is 19.1. The van der Waals surface area contributed by atoms with Gasteiger partial charge < -0.3 is 4.90 Å². The zero-order chi connectivity index (χ0) is 17.3. The van der Waals surface area contributed by atoms with E-state index in [1.165, 1.54) is 6.07 Å². The van der Waals surface area contributed by atoms with Crippen molar-refractivity contribution in [2.75, 3.05) is 4.90 Å². The number of anilines is 2. The Balaban J connectivity index is 2.16. The summed E-state index contributed by atoms with van der Waals surface area (Å²) in [6.45, 7) is 5.79. The van der Waals surface area contributed by atoms with E-state index >= 15 is 0 Å². The molecule has 0 radical (unpaired) electrons. The molecule has 1 nitrogen and oxygen atoms in total. The Morgan fingerprint density at radius 2 is 1.62 bits per heavy atom. The van der Waals surface area contributed by atoms with Crippen LogP contribution < -0.4 is 4.90 Å². The molecule has 0 fully saturated rings. The number of rotatable bonds is 3. The monoisotopic (exact) mass is 325 g/mol. The van der Waals surface area contributed by atoms with E-state index in [-0.39, 0.29) is 17.6 Å². The molecule has 24 heavy (non-hydrogen) atoms. The fraction of sp³-hybridized carbons (Fsp3) is 0.238. The first-order valence-electron chi connectivity index (χ1n) is 8.15. The molecule has 1 aliphatic rings. The average Bonchev–Trinajstić information content (AvgIpc) is 2.53. The summed E-state index contributed by atoms with van der Waals surface area (Å²) in [5.41, 5.74) is 3.44. The van der Waals surface area contributed by atoms with E-state index < -0.39 is 0 Å². The van der Waals surface area contributed by atoms with Gasteiger partial charge in [-0.3, -0.25) is 0 Å². The molecule has 1 atom stereocenters. The minimum absolute atomic E-state index is 0.150. The summed E-state index contributed by atoms with van der Waals surface area (Å²) in [6.07, 6.45) is 4.05. The van der Waals surface area contributed by atoms with Crippen molar-refractivity contribution in [3.8, 4) is 0 Å². The van der Waals surface area contributed by atoms with Gasteiger partial charge in [-0.2, -0.15) is 0 Å². The zero-order valence-corrected chi connectivity index (χ0v) is 14.2. The highest BCUT2D eigenvalue weighted by Gasteiger charge is 2.23. The third-order valence-corrected chi connectivity index (χ3v) is 4.24. The molecule has 0 saturated heterocycles. The van der Waals surface area contributed by atoms with E-state index in [0.717, 1.165) is 16.8 Å². The molecule has 1 unspecified atom stereocenters. The van der Waals surface area contributed by atoms with Crippen LogP contribution >= 0.6 is 0 Å². The number of benzene rings is 2. The predicted molar refractivity (Wildman–Crippen MR) is 95.5 cm³/mol. The van der Waals surface area contributed by atoms with Crippen LogP contribution in [0.3, 0.4) is 0 Å². The number of nitrogens with zero attached hydrogens (tertiary/aromatic N) is 1. The summed E-state index contributed by atoms with van der Waals surface area (Å²) in [5, 5.41) is 0. The molecule has 1 aliphatic carbocycles. The summed E-state index contributed by atoms with van der Waals surface area (Å²) in [5.74, 6) is -0.426. The summed E-state index contributed by atoms with van der Waals surface area (Å²) < 4.78 is 29.3. The molecule has 0 N–H and O–H groups in total. The summed E-state index contributed by atoms with van der Waals surface area (Å²) in [6, 6.07) is 12.7. The van der Waals surface area contributed by atoms with Gasteiger partial charge in [0.15, 0.2) is 0 Å². The van der Waals surface area contributed by atoms with Crippen molar-refractivity contribution in [3.05, 3.63) is 83.1 Å². The van der Waals surface area contributed by atoms with Gasteiger partial charge in [0.2, 0.25) is 0 Å². The van der Waals surface area contributed by atoms with Gasteiger partial charge in [-0.15, -0.1) is 0 Å². The molecule has 0 spiro atoms. The molecule has 0 bridgehead atoms. The fourth-order valence-corrected chi connectivity index (χ4v) is 2.89. The highest BCUT2D eigenvalue weighted by Crippen LogP contribution is 2.37. The van der Waals surface area contributed by atoms with E-state index in [2.05, 4.69) is 0 Å². The number of aryl methyl sites for hydroxylation is 2. The smallest absolute Gasteiger partial charge is 0.147 e. The lowest BCUT2D eigenvalue weighted by molar-refractivity contribution is 0.524. The first-order chi connectivity index (χ1) is 11.5. The summed E-state index contributed by atoms with van der Waals surface area (Å²) in [7, 11) is 0. The van der Waals surface area contributed by atoms with Gasteiger partial charge >= 0.3 is 0 Å². The molecule has 3 rings (SSSR count). The van der Waals surface area contributed by atoms with Gasteiger partial charge in [0.1, 0.15) is 11.6 Å². The Hall–Kier alpha value is -2.42. The molecule has 2 aromatic carbocycles. The van der Waals surface area contributed by atoms with Crippen LogP contribution in [0.15, 0.2) is 66.1 Å². The molecule has 124 valence electrons. The van der Waals surface area contributed by atoms with Crippen molar-refractivity contribution in [1.29, 1.82) is 0 Å². The largest absolute Gasteiger partial charge is 0.305 e. The van der Waals surface area contributed by atoms with Gasteiger partial charge in [0.25, 0.3) is 0 Å². The van der Waals surface area contributed by atoms with Crippen LogP contribution in [0.5, 0.6) is 0 Å². The van der Waals surface area contributed by atoms with Crippen molar-refractivity contribution in [2.24, 2.45) is 5.92 Å². The molecular formula is C21H21F2N. The first-order valence-corrected chi connectivity index (χ1v) is 8.15. The SMILES string of the molecule is Cc1ccc(N(C2=C(F)CC(C)C=C2)c2ccc(C)cc2F)cc1. The van der Waals surface area contributed by atoms with Crippen LogP contribution in [-0.4, -0.2) is 0 Å². The van der Waals surface area contributed by atoms with E-state index in [0.29, 0.717) is 17.8 Å². The molecule has 0 saturated carbocycles. The number of halogens is 2. The van der Waals surface area contributed by atoms with E-state index in [1.54, 1.807) is 17.0 Å². The topological polar surface area (TPSA) is 3.24 Å². The maximum atomic E-state index is 14.7. The molecule has 0 amide bonds. The maximum absolute atomic E-state index is 14.7. The van der Waals surface area contributed by atoms with E-state index in [4.69, 9.17) is 0 Å². The van der Waals surface area contributed by atoms with Crippen molar-refractivity contribution < 1.29 is 8.78 Å². The van der Waals surface area contributed by atoms with Crippen LogP contribution in [0.4, 0.5) is 20.2 Å². The molecule has 0 aliphatic heterocycles. The van der Waals surface area contributed by atoms with E-state index in [1.807, 2.05) is 57.2 Å². The van der Waals surface area contributed by atoms with Gasteiger partial charge in [0, 0.05) is 12.1 Å². The second-order valence-corrected chi connectivity index (χ2v) is 6.46. The molecule has 0 aromatic heterocycles. The van der Waals surface area contributed by atoms with Crippen LogP contribution in [0, 0.1) is 25.6 Å². The van der Waals surface area contributed by atoms with Crippen LogP contribution in [-0.2, 0) is 0 Å². The number of hydrogen-bond donors (Lipinski definition) is 0. The second kappa shape index (κ2) is 6.60. The lowest BCUT2D eigenvalue weighted by Gasteiger charge is -2.29. The van der Waals surface area contributed by atoms with Crippen molar-refractivity contribution in [1.82, 2.24) is 0 Å². The van der Waals surface area contributed by atoms with Crippen LogP contribution in [0.1, 0.15) is 24.5 Å². The van der Waals surface area contributed by atoms with E-state index in [9.17, 15) is 8.78 Å². The van der Waals surface area contributed by atoms with Gasteiger partial charge in [-0.05, 0) is 55.7 Å². The molecule has 0 heterocycles. The molecular weight excluding hydrogens is 304 g/mol. The highest BCUT2D eigenvalue weighted by molar-refractivity contribution is 5.71. The Kier molecular flexibility index (Phi) is 4.52. The lowest BCUT2D eigenvalue weighted by Crippen LogP contribution is -2.20. The first kappa shape index (κ1) is 16.4. The minimum Gasteiger partial charge on any atom is -0.305 e. The summed E-state index contributed by atoms with van der Waals surface area (Å²) >= 11 is 0. The Morgan fingerprint density at radius 1 is 0.958 bits per heavy atom. The number of allylic oxidation sites excluding steroid dienone is 3. The van der Waals surface area contributed by atoms with Crippen molar-refractivity contribution in [2.45, 2.75) is 27.2 Å². The predicted octanol–water partition coefficient (Wildman–Crippen LogP) is 6.36. The Morgan fingerprint density at radius 3 is 2.25 bits per heavy atom. The minimum atomic E-state index is -0.358. The normalized spacial score (nSPS) is 17.3. The van der Waals surface area contributed by atoms with Gasteiger partial charge in [-0.1, -0.05) is 36.8 Å². The average molecular weight is 325 g/mol.